The zero-order valence-electron chi connectivity index (χ0n) is 15.3. The quantitative estimate of drug-likeness (QED) is 0.508. The SMILES string of the molecule is CCNC(=NCC1CCS(=O)(=O)C1)NCCN(C(C)C)C(C)C. The molecule has 0 aromatic heterocycles. The molecule has 0 aromatic carbocycles. The van der Waals surface area contributed by atoms with Crippen molar-refractivity contribution in [3.05, 3.63) is 0 Å². The third kappa shape index (κ3) is 7.52. The van der Waals surface area contributed by atoms with Gasteiger partial charge in [0, 0.05) is 38.3 Å². The molecule has 0 spiro atoms. The van der Waals surface area contributed by atoms with Crippen LogP contribution in [0, 0.1) is 5.92 Å². The fraction of sp³-hybridized carbons (Fsp3) is 0.938. The van der Waals surface area contributed by atoms with Crippen molar-refractivity contribution in [3.63, 3.8) is 0 Å². The minimum atomic E-state index is -2.82. The summed E-state index contributed by atoms with van der Waals surface area (Å²) in [7, 11) is -2.82. The van der Waals surface area contributed by atoms with Crippen LogP contribution in [0.4, 0.5) is 0 Å². The molecule has 1 heterocycles. The molecule has 7 heteroatoms. The molecule has 1 atom stereocenters. The molecule has 0 radical (unpaired) electrons. The molecule has 0 saturated carbocycles. The van der Waals surface area contributed by atoms with E-state index in [1.54, 1.807) is 0 Å². The van der Waals surface area contributed by atoms with Gasteiger partial charge in [-0.3, -0.25) is 9.89 Å². The second-order valence-electron chi connectivity index (χ2n) is 6.84. The Morgan fingerprint density at radius 3 is 2.35 bits per heavy atom. The first-order chi connectivity index (χ1) is 10.7. The summed E-state index contributed by atoms with van der Waals surface area (Å²) in [6.45, 7) is 14.0. The van der Waals surface area contributed by atoms with Gasteiger partial charge in [-0.15, -0.1) is 0 Å². The lowest BCUT2D eigenvalue weighted by Crippen LogP contribution is -2.45. The fourth-order valence-corrected chi connectivity index (χ4v) is 4.84. The Labute approximate surface area is 142 Å². The van der Waals surface area contributed by atoms with Crippen LogP contribution in [0.1, 0.15) is 41.0 Å². The Morgan fingerprint density at radius 1 is 1.22 bits per heavy atom. The van der Waals surface area contributed by atoms with Crippen LogP contribution in [0.15, 0.2) is 4.99 Å². The van der Waals surface area contributed by atoms with Crippen LogP contribution in [-0.2, 0) is 9.84 Å². The van der Waals surface area contributed by atoms with Gasteiger partial charge in [-0.1, -0.05) is 0 Å². The molecule has 0 bridgehead atoms. The average Bonchev–Trinajstić information content (AvgIpc) is 2.79. The van der Waals surface area contributed by atoms with Gasteiger partial charge in [0.05, 0.1) is 11.5 Å². The zero-order chi connectivity index (χ0) is 17.5. The topological polar surface area (TPSA) is 73.8 Å². The molecular weight excluding hydrogens is 312 g/mol. The number of aliphatic imine (C=N–C) groups is 1. The summed E-state index contributed by atoms with van der Waals surface area (Å²) < 4.78 is 23.0. The summed E-state index contributed by atoms with van der Waals surface area (Å²) in [6.07, 6.45) is 0.736. The highest BCUT2D eigenvalue weighted by Gasteiger charge is 2.27. The first-order valence-corrected chi connectivity index (χ1v) is 10.6. The van der Waals surface area contributed by atoms with Gasteiger partial charge in [0.25, 0.3) is 0 Å². The molecule has 6 nitrogen and oxygen atoms in total. The van der Waals surface area contributed by atoms with E-state index in [1.165, 1.54) is 0 Å². The van der Waals surface area contributed by atoms with E-state index in [1.807, 2.05) is 6.92 Å². The largest absolute Gasteiger partial charge is 0.357 e. The molecule has 1 aliphatic rings. The van der Waals surface area contributed by atoms with Crippen LogP contribution < -0.4 is 10.6 Å². The lowest BCUT2D eigenvalue weighted by molar-refractivity contribution is 0.178. The van der Waals surface area contributed by atoms with Crippen molar-refractivity contribution in [1.82, 2.24) is 15.5 Å². The Morgan fingerprint density at radius 2 is 1.87 bits per heavy atom. The summed E-state index contributed by atoms with van der Waals surface area (Å²) >= 11 is 0. The van der Waals surface area contributed by atoms with Crippen molar-refractivity contribution in [2.24, 2.45) is 10.9 Å². The standard InChI is InChI=1S/C16H34N4O2S/c1-6-17-16(18-8-9-20(13(2)3)14(4)5)19-11-15-7-10-23(21,22)12-15/h13-15H,6-12H2,1-5H3,(H2,17,18,19). The van der Waals surface area contributed by atoms with Crippen molar-refractivity contribution >= 4 is 15.8 Å². The van der Waals surface area contributed by atoms with Crippen molar-refractivity contribution in [3.8, 4) is 0 Å². The molecule has 1 rings (SSSR count). The number of nitrogens with one attached hydrogen (secondary N) is 2. The molecule has 2 N–H and O–H groups in total. The summed E-state index contributed by atoms with van der Waals surface area (Å²) in [5.41, 5.74) is 0. The van der Waals surface area contributed by atoms with Crippen LogP contribution in [0.25, 0.3) is 0 Å². The first-order valence-electron chi connectivity index (χ1n) is 8.73. The predicted molar refractivity (Wildman–Crippen MR) is 97.7 cm³/mol. The molecular formula is C16H34N4O2S. The van der Waals surface area contributed by atoms with Crippen LogP contribution in [0.3, 0.4) is 0 Å². The van der Waals surface area contributed by atoms with E-state index in [9.17, 15) is 8.42 Å². The van der Waals surface area contributed by atoms with E-state index >= 15 is 0 Å². The molecule has 0 aliphatic carbocycles. The normalized spacial score (nSPS) is 21.4. The highest BCUT2D eigenvalue weighted by molar-refractivity contribution is 7.91. The van der Waals surface area contributed by atoms with Crippen molar-refractivity contribution in [1.29, 1.82) is 0 Å². The number of hydrogen-bond donors (Lipinski definition) is 2. The van der Waals surface area contributed by atoms with Gasteiger partial charge in [-0.05, 0) is 47.0 Å². The van der Waals surface area contributed by atoms with Crippen LogP contribution in [0.2, 0.25) is 0 Å². The molecule has 136 valence electrons. The molecule has 1 unspecified atom stereocenters. The summed E-state index contributed by atoms with van der Waals surface area (Å²) in [4.78, 5) is 6.99. The molecule has 0 amide bonds. The maximum atomic E-state index is 11.5. The molecule has 0 aromatic rings. The Kier molecular flexibility index (Phi) is 8.33. The highest BCUT2D eigenvalue weighted by atomic mass is 32.2. The summed E-state index contributed by atoms with van der Waals surface area (Å²) in [5, 5.41) is 6.58. The van der Waals surface area contributed by atoms with Gasteiger partial charge < -0.3 is 10.6 Å². The van der Waals surface area contributed by atoms with E-state index in [2.05, 4.69) is 48.2 Å². The molecule has 1 fully saturated rings. The van der Waals surface area contributed by atoms with Crippen molar-refractivity contribution in [2.45, 2.75) is 53.1 Å². The number of hydrogen-bond acceptors (Lipinski definition) is 4. The second kappa shape index (κ2) is 9.47. The number of guanidine groups is 1. The van der Waals surface area contributed by atoms with E-state index < -0.39 is 9.84 Å². The molecule has 1 aliphatic heterocycles. The minimum Gasteiger partial charge on any atom is -0.357 e. The third-order valence-corrected chi connectivity index (χ3v) is 6.00. The third-order valence-electron chi connectivity index (χ3n) is 4.17. The van der Waals surface area contributed by atoms with Gasteiger partial charge >= 0.3 is 0 Å². The fourth-order valence-electron chi connectivity index (χ4n) is 2.99. The van der Waals surface area contributed by atoms with Gasteiger partial charge in [-0.25, -0.2) is 8.42 Å². The van der Waals surface area contributed by atoms with E-state index in [-0.39, 0.29) is 11.7 Å². The van der Waals surface area contributed by atoms with Gasteiger partial charge in [0.15, 0.2) is 15.8 Å². The van der Waals surface area contributed by atoms with Gasteiger partial charge in [-0.2, -0.15) is 0 Å². The van der Waals surface area contributed by atoms with Gasteiger partial charge in [0.2, 0.25) is 0 Å². The Bertz CT molecular complexity index is 466. The number of rotatable bonds is 8. The lowest BCUT2D eigenvalue weighted by Gasteiger charge is -2.30. The predicted octanol–water partition coefficient (Wildman–Crippen LogP) is 1.10. The second-order valence-corrected chi connectivity index (χ2v) is 9.07. The average molecular weight is 347 g/mol. The van der Waals surface area contributed by atoms with Crippen LogP contribution in [0.5, 0.6) is 0 Å². The Hall–Kier alpha value is -0.820. The maximum absolute atomic E-state index is 11.5. The Balaban J connectivity index is 2.46. The van der Waals surface area contributed by atoms with Crippen LogP contribution >= 0.6 is 0 Å². The minimum absolute atomic E-state index is 0.165. The number of sulfone groups is 1. The van der Waals surface area contributed by atoms with E-state index in [0.717, 1.165) is 32.0 Å². The van der Waals surface area contributed by atoms with Crippen LogP contribution in [-0.4, -0.2) is 69.0 Å². The van der Waals surface area contributed by atoms with E-state index in [0.29, 0.717) is 24.4 Å². The molecule has 23 heavy (non-hydrogen) atoms. The number of nitrogens with zero attached hydrogens (tertiary/aromatic N) is 2. The zero-order valence-corrected chi connectivity index (χ0v) is 16.1. The molecule has 1 saturated heterocycles. The van der Waals surface area contributed by atoms with Gasteiger partial charge in [0.1, 0.15) is 0 Å². The smallest absolute Gasteiger partial charge is 0.191 e. The highest BCUT2D eigenvalue weighted by Crippen LogP contribution is 2.18. The maximum Gasteiger partial charge on any atom is 0.191 e. The van der Waals surface area contributed by atoms with Crippen molar-refractivity contribution < 1.29 is 8.42 Å². The lowest BCUT2D eigenvalue weighted by atomic mass is 10.1. The monoisotopic (exact) mass is 346 g/mol. The summed E-state index contributed by atoms with van der Waals surface area (Å²) in [6, 6.07) is 1.03. The summed E-state index contributed by atoms with van der Waals surface area (Å²) in [5.74, 6) is 1.54. The first kappa shape index (κ1) is 20.2. The van der Waals surface area contributed by atoms with E-state index in [4.69, 9.17) is 0 Å². The van der Waals surface area contributed by atoms with Crippen molar-refractivity contribution in [2.75, 3.05) is 37.7 Å².